The van der Waals surface area contributed by atoms with E-state index >= 15 is 0 Å². The molecule has 0 aliphatic rings. The molecule has 20 heavy (non-hydrogen) atoms. The summed E-state index contributed by atoms with van der Waals surface area (Å²) >= 11 is 7.21. The summed E-state index contributed by atoms with van der Waals surface area (Å²) in [6.07, 6.45) is 1.52. The number of rotatable bonds is 5. The van der Waals surface area contributed by atoms with E-state index in [0.717, 1.165) is 11.3 Å². The molecule has 0 unspecified atom stereocenters. The smallest absolute Gasteiger partial charge is 0.349 e. The van der Waals surface area contributed by atoms with Crippen molar-refractivity contribution in [2.24, 2.45) is 0 Å². The molecule has 0 radical (unpaired) electrons. The predicted octanol–water partition coefficient (Wildman–Crippen LogP) is 4.47. The highest BCUT2D eigenvalue weighted by Gasteiger charge is 2.18. The van der Waals surface area contributed by atoms with E-state index in [1.54, 1.807) is 17.5 Å². The van der Waals surface area contributed by atoms with Crippen LogP contribution in [0.4, 0.5) is 8.78 Å². The monoisotopic (exact) mass is 335 g/mol. The number of hydrogen-bond donors (Lipinski definition) is 0. The Morgan fingerprint density at radius 3 is 3.00 bits per heavy atom. The first kappa shape index (κ1) is 15.2. The van der Waals surface area contributed by atoms with Crippen LogP contribution in [-0.4, -0.2) is 16.7 Å². The minimum Gasteiger partial charge on any atom is -0.456 e. The lowest BCUT2D eigenvalue weighted by molar-refractivity contribution is 0.0474. The lowest BCUT2D eigenvalue weighted by atomic mass is 10.3. The summed E-state index contributed by atoms with van der Waals surface area (Å²) in [5, 5.41) is 1.81. The van der Waals surface area contributed by atoms with Crippen molar-refractivity contribution in [3.05, 3.63) is 45.4 Å². The van der Waals surface area contributed by atoms with Gasteiger partial charge in [-0.25, -0.2) is 9.78 Å². The van der Waals surface area contributed by atoms with Gasteiger partial charge in [0.1, 0.15) is 16.6 Å². The maximum Gasteiger partial charge on any atom is 0.349 e. The van der Waals surface area contributed by atoms with E-state index in [-0.39, 0.29) is 21.5 Å². The van der Waals surface area contributed by atoms with E-state index in [2.05, 4.69) is 4.98 Å². The van der Waals surface area contributed by atoms with Gasteiger partial charge in [0.25, 0.3) is 5.76 Å². The molecule has 0 atom stereocenters. The molecular weight excluding hydrogens is 328 g/mol. The maximum atomic E-state index is 12.3. The molecule has 0 bridgehead atoms. The van der Waals surface area contributed by atoms with Gasteiger partial charge in [0.2, 0.25) is 0 Å². The molecule has 0 aromatic carbocycles. The minimum absolute atomic E-state index is 0.0534. The van der Waals surface area contributed by atoms with E-state index in [1.807, 2.05) is 0 Å². The number of carbonyl (C=O) groups is 1. The van der Waals surface area contributed by atoms with E-state index < -0.39 is 11.7 Å². The van der Waals surface area contributed by atoms with E-state index in [1.165, 1.54) is 12.3 Å². The van der Waals surface area contributed by atoms with Gasteiger partial charge >= 0.3 is 5.97 Å². The molecule has 2 heterocycles. The van der Waals surface area contributed by atoms with Crippen LogP contribution in [0.15, 0.2) is 34.7 Å². The molecule has 0 aliphatic heterocycles. The average Bonchev–Trinajstić information content (AvgIpc) is 2.85. The molecule has 2 aromatic rings. The Bertz CT molecular complexity index is 607. The summed E-state index contributed by atoms with van der Waals surface area (Å²) in [5.41, 5.74) is 0.558. The Labute approximate surface area is 126 Å². The number of thioether (sulfide) groups is 1. The quantitative estimate of drug-likeness (QED) is 0.459. The zero-order chi connectivity index (χ0) is 14.5. The summed E-state index contributed by atoms with van der Waals surface area (Å²) in [6.45, 7) is -0.0534. The molecule has 0 fully saturated rings. The third kappa shape index (κ3) is 3.91. The molecule has 8 heteroatoms. The van der Waals surface area contributed by atoms with Gasteiger partial charge < -0.3 is 4.74 Å². The summed E-state index contributed by atoms with van der Waals surface area (Å²) in [7, 11) is 0. The average molecular weight is 336 g/mol. The SMILES string of the molecule is O=C(OCc1cccnc1Cl)c1sccc1SC(F)F. The highest BCUT2D eigenvalue weighted by Crippen LogP contribution is 2.32. The number of hydrogen-bond acceptors (Lipinski definition) is 5. The Morgan fingerprint density at radius 2 is 2.30 bits per heavy atom. The first-order valence-corrected chi connectivity index (χ1v) is 7.50. The lowest BCUT2D eigenvalue weighted by Crippen LogP contribution is -2.05. The summed E-state index contributed by atoms with van der Waals surface area (Å²) < 4.78 is 29.7. The predicted molar refractivity (Wildman–Crippen MR) is 74.5 cm³/mol. The van der Waals surface area contributed by atoms with Gasteiger partial charge in [-0.15, -0.1) is 11.3 Å². The molecule has 0 saturated carbocycles. The number of thiophene rings is 1. The van der Waals surface area contributed by atoms with Gasteiger partial charge in [-0.2, -0.15) is 8.78 Å². The zero-order valence-electron chi connectivity index (χ0n) is 9.89. The van der Waals surface area contributed by atoms with Crippen LogP contribution in [0.2, 0.25) is 5.15 Å². The van der Waals surface area contributed by atoms with Gasteiger partial charge in [0, 0.05) is 16.7 Å². The topological polar surface area (TPSA) is 39.2 Å². The van der Waals surface area contributed by atoms with Crippen LogP contribution < -0.4 is 0 Å². The molecule has 106 valence electrons. The first-order valence-electron chi connectivity index (χ1n) is 5.36. The molecule has 0 saturated heterocycles. The van der Waals surface area contributed by atoms with Gasteiger partial charge in [-0.1, -0.05) is 29.4 Å². The largest absolute Gasteiger partial charge is 0.456 e. The molecule has 0 N–H and O–H groups in total. The molecule has 3 nitrogen and oxygen atoms in total. The Hall–Kier alpha value is -1.18. The van der Waals surface area contributed by atoms with Crippen LogP contribution >= 0.6 is 34.7 Å². The zero-order valence-corrected chi connectivity index (χ0v) is 12.3. The van der Waals surface area contributed by atoms with Crippen molar-refractivity contribution in [3.63, 3.8) is 0 Å². The first-order chi connectivity index (χ1) is 9.58. The number of esters is 1. The number of ether oxygens (including phenoxy) is 1. The fourth-order valence-corrected chi connectivity index (χ4v) is 3.13. The van der Waals surface area contributed by atoms with Gasteiger partial charge in [-0.3, -0.25) is 0 Å². The van der Waals surface area contributed by atoms with Crippen molar-refractivity contribution in [2.75, 3.05) is 0 Å². The van der Waals surface area contributed by atoms with Crippen LogP contribution in [0, 0.1) is 0 Å². The van der Waals surface area contributed by atoms with Crippen molar-refractivity contribution < 1.29 is 18.3 Å². The van der Waals surface area contributed by atoms with E-state index in [0.29, 0.717) is 17.3 Å². The highest BCUT2D eigenvalue weighted by atomic mass is 35.5. The van der Waals surface area contributed by atoms with Gasteiger partial charge in [0.15, 0.2) is 0 Å². The molecule has 0 spiro atoms. The second-order valence-corrected chi connectivity index (χ2v) is 5.83. The van der Waals surface area contributed by atoms with E-state index in [4.69, 9.17) is 16.3 Å². The number of halogens is 3. The molecule has 0 amide bonds. The van der Waals surface area contributed by atoms with Crippen LogP contribution in [0.1, 0.15) is 15.2 Å². The van der Waals surface area contributed by atoms with Crippen molar-refractivity contribution >= 4 is 40.7 Å². The van der Waals surface area contributed by atoms with Crippen molar-refractivity contribution in [3.8, 4) is 0 Å². The number of alkyl halides is 2. The summed E-state index contributed by atoms with van der Waals surface area (Å²) in [6, 6.07) is 4.80. The number of pyridine rings is 1. The summed E-state index contributed by atoms with van der Waals surface area (Å²) in [5.74, 6) is -3.23. The Morgan fingerprint density at radius 1 is 1.50 bits per heavy atom. The van der Waals surface area contributed by atoms with Crippen molar-refractivity contribution in [1.82, 2.24) is 4.98 Å². The lowest BCUT2D eigenvalue weighted by Gasteiger charge is -2.06. The molecule has 2 rings (SSSR count). The molecule has 0 aliphatic carbocycles. The number of carbonyl (C=O) groups excluding carboxylic acids is 1. The fraction of sp³-hybridized carbons (Fsp3) is 0.167. The highest BCUT2D eigenvalue weighted by molar-refractivity contribution is 7.99. The second kappa shape index (κ2) is 7.01. The van der Waals surface area contributed by atoms with Crippen LogP contribution in [0.3, 0.4) is 0 Å². The Kier molecular flexibility index (Phi) is 5.33. The van der Waals surface area contributed by atoms with Crippen LogP contribution in [0.5, 0.6) is 0 Å². The minimum atomic E-state index is -2.58. The van der Waals surface area contributed by atoms with Crippen LogP contribution in [0.25, 0.3) is 0 Å². The van der Waals surface area contributed by atoms with E-state index in [9.17, 15) is 13.6 Å². The van der Waals surface area contributed by atoms with Crippen LogP contribution in [-0.2, 0) is 11.3 Å². The third-order valence-electron chi connectivity index (χ3n) is 2.23. The number of nitrogens with zero attached hydrogens (tertiary/aromatic N) is 1. The fourth-order valence-electron chi connectivity index (χ4n) is 1.37. The second-order valence-electron chi connectivity index (χ2n) is 3.52. The standard InChI is InChI=1S/C12H8ClF2NO2S2/c13-10-7(2-1-4-16-10)6-18-11(17)9-8(3-5-19-9)20-12(14)15/h1-5,12H,6H2. The van der Waals surface area contributed by atoms with Gasteiger partial charge in [0.05, 0.1) is 0 Å². The summed E-state index contributed by atoms with van der Waals surface area (Å²) in [4.78, 5) is 16.1. The normalized spacial score (nSPS) is 10.8. The van der Waals surface area contributed by atoms with Gasteiger partial charge in [-0.05, 0) is 17.5 Å². The molecular formula is C12H8ClF2NO2S2. The van der Waals surface area contributed by atoms with Crippen molar-refractivity contribution in [1.29, 1.82) is 0 Å². The Balaban J connectivity index is 2.02. The maximum absolute atomic E-state index is 12.3. The van der Waals surface area contributed by atoms with Crippen molar-refractivity contribution in [2.45, 2.75) is 17.3 Å². The molecule has 2 aromatic heterocycles. The number of aromatic nitrogens is 1. The third-order valence-corrected chi connectivity index (χ3v) is 4.36.